The zero-order valence-corrected chi connectivity index (χ0v) is 16.8. The van der Waals surface area contributed by atoms with Crippen LogP contribution in [-0.4, -0.2) is 17.2 Å². The van der Waals surface area contributed by atoms with E-state index in [-0.39, 0.29) is 6.17 Å². The molecule has 3 heterocycles. The molecule has 3 unspecified atom stereocenters. The van der Waals surface area contributed by atoms with Crippen molar-refractivity contribution in [2.45, 2.75) is 45.3 Å². The van der Waals surface area contributed by atoms with Gasteiger partial charge in [0.15, 0.2) is 5.82 Å². The highest BCUT2D eigenvalue weighted by Gasteiger charge is 2.49. The fourth-order valence-electron chi connectivity index (χ4n) is 5.29. The van der Waals surface area contributed by atoms with Crippen LogP contribution in [0.3, 0.4) is 0 Å². The Morgan fingerprint density at radius 1 is 1.11 bits per heavy atom. The Labute approximate surface area is 167 Å². The standard InChI is InChI=1S/C25H27N3/c1-5-10-19-17(4)25-27(16(2)3)23-20-12-7-6-11-18(20)15-26-24(23)28(25)22-14-9-8-13-21(19)22/h5-9,11-17,19,25H,1,10H2,2-4H3. The maximum Gasteiger partial charge on any atom is 0.159 e. The average Bonchev–Trinajstić information content (AvgIpc) is 3.07. The monoisotopic (exact) mass is 369 g/mol. The molecule has 3 aromatic rings. The summed E-state index contributed by atoms with van der Waals surface area (Å²) in [5.74, 6) is 2.02. The first-order valence-electron chi connectivity index (χ1n) is 10.3. The molecular formula is C25H27N3. The third-order valence-corrected chi connectivity index (χ3v) is 6.47. The molecule has 0 spiro atoms. The van der Waals surface area contributed by atoms with E-state index in [1.165, 1.54) is 27.7 Å². The maximum absolute atomic E-state index is 4.97. The smallest absolute Gasteiger partial charge is 0.159 e. The Balaban J connectivity index is 1.81. The molecule has 28 heavy (non-hydrogen) atoms. The molecular weight excluding hydrogens is 342 g/mol. The first kappa shape index (κ1) is 17.3. The van der Waals surface area contributed by atoms with Crippen LogP contribution in [0, 0.1) is 5.92 Å². The van der Waals surface area contributed by atoms with Crippen LogP contribution in [0.1, 0.15) is 38.7 Å². The molecule has 5 rings (SSSR count). The van der Waals surface area contributed by atoms with Crippen LogP contribution in [0.15, 0.2) is 67.4 Å². The molecule has 3 heteroatoms. The van der Waals surface area contributed by atoms with Gasteiger partial charge >= 0.3 is 0 Å². The number of para-hydroxylation sites is 1. The van der Waals surface area contributed by atoms with Gasteiger partial charge in [-0.15, -0.1) is 6.58 Å². The van der Waals surface area contributed by atoms with Crippen molar-refractivity contribution in [3.63, 3.8) is 0 Å². The summed E-state index contributed by atoms with van der Waals surface area (Å²) in [5.41, 5.74) is 3.99. The molecule has 0 fully saturated rings. The van der Waals surface area contributed by atoms with Crippen LogP contribution < -0.4 is 9.80 Å². The minimum atomic E-state index is 0.271. The van der Waals surface area contributed by atoms with Gasteiger partial charge in [0.1, 0.15) is 6.17 Å². The van der Waals surface area contributed by atoms with Crippen LogP contribution in [0.5, 0.6) is 0 Å². The summed E-state index contributed by atoms with van der Waals surface area (Å²) in [7, 11) is 0. The molecule has 0 aliphatic carbocycles. The summed E-state index contributed by atoms with van der Waals surface area (Å²) >= 11 is 0. The second kappa shape index (κ2) is 6.37. The second-order valence-electron chi connectivity index (χ2n) is 8.35. The molecule has 0 N–H and O–H groups in total. The number of nitrogens with zero attached hydrogens (tertiary/aromatic N) is 3. The summed E-state index contributed by atoms with van der Waals surface area (Å²) in [5, 5.41) is 2.50. The Morgan fingerprint density at radius 2 is 1.86 bits per heavy atom. The van der Waals surface area contributed by atoms with Crippen LogP contribution >= 0.6 is 0 Å². The van der Waals surface area contributed by atoms with E-state index in [1.807, 2.05) is 6.20 Å². The van der Waals surface area contributed by atoms with E-state index in [0.717, 1.165) is 12.2 Å². The number of pyridine rings is 1. The summed E-state index contributed by atoms with van der Waals surface area (Å²) in [6.07, 6.45) is 5.37. The third kappa shape index (κ3) is 2.25. The van der Waals surface area contributed by atoms with Crippen molar-refractivity contribution in [2.75, 3.05) is 9.80 Å². The van der Waals surface area contributed by atoms with Gasteiger partial charge in [-0.25, -0.2) is 4.98 Å². The molecule has 2 aromatic carbocycles. The Hall–Kier alpha value is -2.81. The van der Waals surface area contributed by atoms with Crippen LogP contribution in [0.4, 0.5) is 17.2 Å². The second-order valence-corrected chi connectivity index (χ2v) is 8.35. The fraction of sp³-hybridized carbons (Fsp3) is 0.320. The van der Waals surface area contributed by atoms with Gasteiger partial charge < -0.3 is 9.80 Å². The van der Waals surface area contributed by atoms with Gasteiger partial charge in [-0.3, -0.25) is 0 Å². The first-order valence-corrected chi connectivity index (χ1v) is 10.3. The van der Waals surface area contributed by atoms with Crippen molar-refractivity contribution in [1.82, 2.24) is 4.98 Å². The molecule has 0 bridgehead atoms. The van der Waals surface area contributed by atoms with E-state index in [1.54, 1.807) is 0 Å². The molecule has 0 saturated carbocycles. The van der Waals surface area contributed by atoms with Crippen molar-refractivity contribution in [2.24, 2.45) is 5.92 Å². The van der Waals surface area contributed by atoms with Crippen LogP contribution in [0.2, 0.25) is 0 Å². The van der Waals surface area contributed by atoms with Crippen molar-refractivity contribution in [3.05, 3.63) is 72.9 Å². The van der Waals surface area contributed by atoms with E-state index >= 15 is 0 Å². The number of aromatic nitrogens is 1. The SMILES string of the molecule is C=CCC1c2ccccc2N2c3ncc4ccccc4c3N(C(C)C)C2C1C. The average molecular weight is 370 g/mol. The first-order chi connectivity index (χ1) is 13.6. The minimum absolute atomic E-state index is 0.271. The molecule has 3 atom stereocenters. The fourth-order valence-corrected chi connectivity index (χ4v) is 5.29. The van der Waals surface area contributed by atoms with Gasteiger partial charge in [0.05, 0.1) is 5.69 Å². The molecule has 0 radical (unpaired) electrons. The van der Waals surface area contributed by atoms with Crippen molar-refractivity contribution >= 4 is 28.0 Å². The number of hydrogen-bond donors (Lipinski definition) is 0. The van der Waals surface area contributed by atoms with E-state index in [2.05, 4.69) is 91.8 Å². The van der Waals surface area contributed by atoms with Crippen molar-refractivity contribution in [3.8, 4) is 0 Å². The maximum atomic E-state index is 4.97. The highest BCUT2D eigenvalue weighted by atomic mass is 15.5. The third-order valence-electron chi connectivity index (χ3n) is 6.47. The molecule has 1 aromatic heterocycles. The highest BCUT2D eigenvalue weighted by molar-refractivity contribution is 6.03. The molecule has 3 nitrogen and oxygen atoms in total. The van der Waals surface area contributed by atoms with E-state index < -0.39 is 0 Å². The topological polar surface area (TPSA) is 19.4 Å². The molecule has 2 aliphatic heterocycles. The zero-order valence-electron chi connectivity index (χ0n) is 16.8. The van der Waals surface area contributed by atoms with Gasteiger partial charge in [0.2, 0.25) is 0 Å². The summed E-state index contributed by atoms with van der Waals surface area (Å²) in [6, 6.07) is 17.9. The van der Waals surface area contributed by atoms with Gasteiger partial charge in [-0.2, -0.15) is 0 Å². The van der Waals surface area contributed by atoms with E-state index in [9.17, 15) is 0 Å². The van der Waals surface area contributed by atoms with Crippen molar-refractivity contribution in [1.29, 1.82) is 0 Å². The van der Waals surface area contributed by atoms with Gasteiger partial charge in [-0.05, 0) is 37.8 Å². The number of fused-ring (bicyclic) bond motifs is 7. The minimum Gasteiger partial charge on any atom is -0.345 e. The lowest BCUT2D eigenvalue weighted by molar-refractivity contribution is 0.344. The lowest BCUT2D eigenvalue weighted by atomic mass is 9.78. The lowest BCUT2D eigenvalue weighted by Gasteiger charge is -2.46. The number of anilines is 3. The summed E-state index contributed by atoms with van der Waals surface area (Å²) < 4.78 is 0. The predicted molar refractivity (Wildman–Crippen MR) is 118 cm³/mol. The number of benzene rings is 2. The Morgan fingerprint density at radius 3 is 2.64 bits per heavy atom. The predicted octanol–water partition coefficient (Wildman–Crippen LogP) is 6.24. The molecule has 2 aliphatic rings. The quantitative estimate of drug-likeness (QED) is 0.510. The largest absolute Gasteiger partial charge is 0.345 e. The Bertz CT molecular complexity index is 1050. The van der Waals surface area contributed by atoms with Crippen LogP contribution in [0.25, 0.3) is 10.8 Å². The normalized spacial score (nSPS) is 22.9. The van der Waals surface area contributed by atoms with E-state index in [4.69, 9.17) is 4.98 Å². The summed E-state index contributed by atoms with van der Waals surface area (Å²) in [4.78, 5) is 10.1. The lowest BCUT2D eigenvalue weighted by Crippen LogP contribution is -2.52. The van der Waals surface area contributed by atoms with E-state index in [0.29, 0.717) is 17.9 Å². The molecule has 0 amide bonds. The number of allylic oxidation sites excluding steroid dienone is 1. The zero-order chi connectivity index (χ0) is 19.4. The summed E-state index contributed by atoms with van der Waals surface area (Å²) in [6.45, 7) is 11.0. The highest BCUT2D eigenvalue weighted by Crippen LogP contribution is 2.55. The van der Waals surface area contributed by atoms with Gasteiger partial charge in [0.25, 0.3) is 0 Å². The Kier molecular flexibility index (Phi) is 3.94. The van der Waals surface area contributed by atoms with Crippen LogP contribution in [-0.2, 0) is 0 Å². The molecule has 142 valence electrons. The van der Waals surface area contributed by atoms with Gasteiger partial charge in [0, 0.05) is 34.6 Å². The number of rotatable bonds is 3. The number of hydrogen-bond acceptors (Lipinski definition) is 3. The van der Waals surface area contributed by atoms with Crippen molar-refractivity contribution < 1.29 is 0 Å². The van der Waals surface area contributed by atoms with Gasteiger partial charge in [-0.1, -0.05) is 55.5 Å². The molecule has 0 saturated heterocycles.